The summed E-state index contributed by atoms with van der Waals surface area (Å²) in [7, 11) is 0. The number of amides is 2. The molecule has 1 aromatic rings. The first-order valence-corrected chi connectivity index (χ1v) is 11.4. The number of aromatic hydroxyl groups is 1. The lowest BCUT2D eigenvalue weighted by molar-refractivity contribution is -0.156. The number of rotatable bonds is 10. The van der Waals surface area contributed by atoms with Crippen molar-refractivity contribution in [3.63, 3.8) is 0 Å². The zero-order valence-corrected chi connectivity index (χ0v) is 19.4. The number of ether oxygens (including phenoxy) is 1. The Morgan fingerprint density at radius 3 is 2.44 bits per heavy atom. The monoisotopic (exact) mass is 444 g/mol. The predicted octanol–water partition coefficient (Wildman–Crippen LogP) is 3.40. The number of phenolic OH excluding ortho intramolecular Hbond substituents is 1. The maximum atomic E-state index is 12.7. The average Bonchev–Trinajstić information content (AvgIpc) is 3.21. The normalized spacial score (nSPS) is 15.5. The number of hydrogen-bond acceptors (Lipinski definition) is 5. The highest BCUT2D eigenvalue weighted by atomic mass is 16.6. The second kappa shape index (κ2) is 12.3. The third-order valence-corrected chi connectivity index (χ3v) is 5.29. The molecule has 1 aromatic carbocycles. The minimum Gasteiger partial charge on any atom is -0.508 e. The number of carbonyl (C=O) groups is 3. The van der Waals surface area contributed by atoms with E-state index in [4.69, 9.17) is 4.74 Å². The van der Waals surface area contributed by atoms with E-state index in [2.05, 4.69) is 10.6 Å². The molecule has 1 fully saturated rings. The number of hydrogen-bond donors (Lipinski definition) is 3. The summed E-state index contributed by atoms with van der Waals surface area (Å²) in [5, 5.41) is 14.8. The van der Waals surface area contributed by atoms with Gasteiger partial charge in [-0.25, -0.2) is 0 Å². The molecule has 176 valence electrons. The molecule has 0 heterocycles. The van der Waals surface area contributed by atoms with E-state index >= 15 is 0 Å². The SMILES string of the molecule is CC(C)(C)OC(=O)C[C@@H](NC(=O)/C=C/CC1CCCC1)C(=O)NCCc1ccc(O)cc1. The van der Waals surface area contributed by atoms with Crippen LogP contribution in [0.3, 0.4) is 0 Å². The van der Waals surface area contributed by atoms with Crippen molar-refractivity contribution in [2.45, 2.75) is 77.4 Å². The van der Waals surface area contributed by atoms with Crippen LogP contribution >= 0.6 is 0 Å². The highest BCUT2D eigenvalue weighted by Gasteiger charge is 2.26. The molecule has 1 aliphatic rings. The van der Waals surface area contributed by atoms with Crippen LogP contribution in [-0.2, 0) is 25.5 Å². The van der Waals surface area contributed by atoms with E-state index in [0.717, 1.165) is 12.0 Å². The fourth-order valence-electron chi connectivity index (χ4n) is 3.71. The Labute approximate surface area is 190 Å². The van der Waals surface area contributed by atoms with Crippen molar-refractivity contribution in [3.05, 3.63) is 42.0 Å². The third-order valence-electron chi connectivity index (χ3n) is 5.29. The maximum absolute atomic E-state index is 12.7. The van der Waals surface area contributed by atoms with E-state index in [0.29, 0.717) is 18.9 Å². The van der Waals surface area contributed by atoms with Crippen LogP contribution in [-0.4, -0.2) is 41.1 Å². The van der Waals surface area contributed by atoms with Crippen LogP contribution in [0.4, 0.5) is 0 Å². The van der Waals surface area contributed by atoms with Crippen molar-refractivity contribution in [1.82, 2.24) is 10.6 Å². The van der Waals surface area contributed by atoms with Gasteiger partial charge in [-0.15, -0.1) is 0 Å². The summed E-state index contributed by atoms with van der Waals surface area (Å²) in [6.45, 7) is 5.59. The first kappa shape index (κ1) is 25.4. The highest BCUT2D eigenvalue weighted by Crippen LogP contribution is 2.27. The average molecular weight is 445 g/mol. The largest absolute Gasteiger partial charge is 0.508 e. The molecule has 0 saturated heterocycles. The van der Waals surface area contributed by atoms with Gasteiger partial charge < -0.3 is 20.5 Å². The van der Waals surface area contributed by atoms with Crippen LogP contribution in [0, 0.1) is 5.92 Å². The highest BCUT2D eigenvalue weighted by molar-refractivity contribution is 5.94. The molecule has 0 aromatic heterocycles. The summed E-state index contributed by atoms with van der Waals surface area (Å²) in [4.78, 5) is 37.4. The van der Waals surface area contributed by atoms with Crippen molar-refractivity contribution in [3.8, 4) is 5.75 Å². The predicted molar refractivity (Wildman–Crippen MR) is 123 cm³/mol. The topological polar surface area (TPSA) is 105 Å². The molecule has 0 bridgehead atoms. The van der Waals surface area contributed by atoms with Gasteiger partial charge >= 0.3 is 5.97 Å². The van der Waals surface area contributed by atoms with Gasteiger partial charge in [-0.2, -0.15) is 0 Å². The van der Waals surface area contributed by atoms with Gasteiger partial charge in [0.05, 0.1) is 6.42 Å². The Morgan fingerprint density at radius 1 is 1.16 bits per heavy atom. The lowest BCUT2D eigenvalue weighted by atomic mass is 10.0. The minimum atomic E-state index is -1.02. The minimum absolute atomic E-state index is 0.180. The molecule has 0 spiro atoms. The molecule has 32 heavy (non-hydrogen) atoms. The van der Waals surface area contributed by atoms with Gasteiger partial charge in [-0.1, -0.05) is 43.9 Å². The van der Waals surface area contributed by atoms with Gasteiger partial charge in [-0.05, 0) is 63.3 Å². The smallest absolute Gasteiger partial charge is 0.308 e. The summed E-state index contributed by atoms with van der Waals surface area (Å²) in [5.74, 6) is -0.581. The number of allylic oxidation sites excluding steroid dienone is 1. The molecule has 7 heteroatoms. The standard InChI is InChI=1S/C25H36N2O5/c1-25(2,3)32-23(30)17-21(27-22(29)10-6-9-18-7-4-5-8-18)24(31)26-16-15-19-11-13-20(28)14-12-19/h6,10-14,18,21,28H,4-5,7-9,15-17H2,1-3H3,(H,26,31)(H,27,29)/b10-6+/t21-/m1/s1. The Kier molecular flexibility index (Phi) is 9.75. The molecule has 1 atom stereocenters. The van der Waals surface area contributed by atoms with Gasteiger partial charge in [0.1, 0.15) is 17.4 Å². The van der Waals surface area contributed by atoms with Crippen LogP contribution in [0.1, 0.15) is 64.9 Å². The Hall–Kier alpha value is -2.83. The summed E-state index contributed by atoms with van der Waals surface area (Å²) in [6, 6.07) is 5.70. The first-order chi connectivity index (χ1) is 15.1. The van der Waals surface area contributed by atoms with E-state index in [-0.39, 0.29) is 12.2 Å². The zero-order chi connectivity index (χ0) is 23.6. The quantitative estimate of drug-likeness (QED) is 0.379. The molecule has 2 amide bonds. The van der Waals surface area contributed by atoms with E-state index in [1.165, 1.54) is 31.8 Å². The Morgan fingerprint density at radius 2 is 1.81 bits per heavy atom. The Bertz CT molecular complexity index is 790. The number of benzene rings is 1. The summed E-state index contributed by atoms with van der Waals surface area (Å²) in [6.07, 6.45) is 9.32. The summed E-state index contributed by atoms with van der Waals surface area (Å²) < 4.78 is 5.32. The Balaban J connectivity index is 1.91. The number of phenols is 1. The van der Waals surface area contributed by atoms with Crippen molar-refractivity contribution < 1.29 is 24.2 Å². The molecule has 3 N–H and O–H groups in total. The van der Waals surface area contributed by atoms with Crippen LogP contribution in [0.5, 0.6) is 5.75 Å². The van der Waals surface area contributed by atoms with Crippen molar-refractivity contribution in [2.24, 2.45) is 5.92 Å². The molecule has 7 nitrogen and oxygen atoms in total. The second-order valence-corrected chi connectivity index (χ2v) is 9.35. The molecule has 1 aliphatic carbocycles. The van der Waals surface area contributed by atoms with Crippen molar-refractivity contribution in [1.29, 1.82) is 0 Å². The van der Waals surface area contributed by atoms with Crippen molar-refractivity contribution in [2.75, 3.05) is 6.54 Å². The zero-order valence-electron chi connectivity index (χ0n) is 19.4. The maximum Gasteiger partial charge on any atom is 0.308 e. The van der Waals surface area contributed by atoms with Crippen LogP contribution in [0.2, 0.25) is 0 Å². The van der Waals surface area contributed by atoms with Crippen molar-refractivity contribution >= 4 is 17.8 Å². The number of nitrogens with one attached hydrogen (secondary N) is 2. The lowest BCUT2D eigenvalue weighted by Gasteiger charge is -2.22. The summed E-state index contributed by atoms with van der Waals surface area (Å²) >= 11 is 0. The van der Waals surface area contributed by atoms with Gasteiger partial charge in [0.15, 0.2) is 0 Å². The fraction of sp³-hybridized carbons (Fsp3) is 0.560. The first-order valence-electron chi connectivity index (χ1n) is 11.4. The molecule has 0 radical (unpaired) electrons. The van der Waals surface area contributed by atoms with Crippen LogP contribution < -0.4 is 10.6 Å². The van der Waals surface area contributed by atoms with E-state index in [1.54, 1.807) is 45.0 Å². The lowest BCUT2D eigenvalue weighted by Crippen LogP contribution is -2.48. The van der Waals surface area contributed by atoms with Gasteiger partial charge in [0.25, 0.3) is 0 Å². The summed E-state index contributed by atoms with van der Waals surface area (Å²) in [5.41, 5.74) is 0.271. The van der Waals surface area contributed by atoms with Gasteiger partial charge in [0.2, 0.25) is 11.8 Å². The molecule has 2 rings (SSSR count). The third kappa shape index (κ3) is 9.98. The fourth-order valence-corrected chi connectivity index (χ4v) is 3.71. The van der Waals surface area contributed by atoms with E-state index in [9.17, 15) is 19.5 Å². The molecule has 0 aliphatic heterocycles. The van der Waals surface area contributed by atoms with Crippen LogP contribution in [0.25, 0.3) is 0 Å². The van der Waals surface area contributed by atoms with E-state index < -0.39 is 29.4 Å². The molecular formula is C25H36N2O5. The van der Waals surface area contributed by atoms with Crippen LogP contribution in [0.15, 0.2) is 36.4 Å². The van der Waals surface area contributed by atoms with Gasteiger partial charge in [-0.3, -0.25) is 14.4 Å². The number of esters is 1. The van der Waals surface area contributed by atoms with Gasteiger partial charge in [0, 0.05) is 6.54 Å². The molecule has 0 unspecified atom stereocenters. The molecular weight excluding hydrogens is 408 g/mol. The molecule has 1 saturated carbocycles. The van der Waals surface area contributed by atoms with E-state index in [1.807, 2.05) is 6.08 Å². The second-order valence-electron chi connectivity index (χ2n) is 9.35. The number of carbonyl (C=O) groups excluding carboxylic acids is 3.